The molecule has 3 aromatic rings. The first-order chi connectivity index (χ1) is 17.0. The Hall–Kier alpha value is -3.80. The Bertz CT molecular complexity index is 1220. The Balaban J connectivity index is 0.000000917. The summed E-state index contributed by atoms with van der Waals surface area (Å²) in [5, 5.41) is 24.4. The number of hydrogen-bond donors (Lipinski definition) is 3. The first kappa shape index (κ1) is 24.3. The number of benzene rings is 1. The van der Waals surface area contributed by atoms with E-state index in [-0.39, 0.29) is 18.4 Å². The maximum atomic E-state index is 11.8. The highest BCUT2D eigenvalue weighted by molar-refractivity contribution is 9.10. The summed E-state index contributed by atoms with van der Waals surface area (Å²) >= 11 is 3.36. The first-order valence-electron chi connectivity index (χ1n) is 11.1. The fraction of sp³-hybridized carbons (Fsp3) is 0.304. The number of rotatable bonds is 6. The van der Waals surface area contributed by atoms with Gasteiger partial charge in [0, 0.05) is 61.1 Å². The average molecular weight is 541 g/mol. The summed E-state index contributed by atoms with van der Waals surface area (Å²) in [6, 6.07) is 6.11. The lowest BCUT2D eigenvalue weighted by molar-refractivity contribution is -0.122. The van der Waals surface area contributed by atoms with E-state index in [0.717, 1.165) is 71.6 Å². The highest BCUT2D eigenvalue weighted by atomic mass is 79.9. The summed E-state index contributed by atoms with van der Waals surface area (Å²) in [5.74, 6) is 2.10. The molecule has 2 aliphatic rings. The number of anilines is 4. The number of amides is 1. The molecule has 35 heavy (non-hydrogen) atoms. The summed E-state index contributed by atoms with van der Waals surface area (Å²) in [6.07, 6.45) is 6.83. The molecule has 1 amide bonds. The number of carbonyl (C=O) groups is 2. The molecule has 2 fully saturated rings. The molecule has 11 nitrogen and oxygen atoms in total. The van der Waals surface area contributed by atoms with Crippen molar-refractivity contribution in [3.63, 3.8) is 0 Å². The largest absolute Gasteiger partial charge is 0.483 e. The van der Waals surface area contributed by atoms with E-state index in [0.29, 0.717) is 5.95 Å². The third-order valence-electron chi connectivity index (χ3n) is 5.79. The minimum atomic E-state index is -0.250. The van der Waals surface area contributed by atoms with Gasteiger partial charge in [-0.2, -0.15) is 0 Å². The van der Waals surface area contributed by atoms with Crippen LogP contribution < -0.4 is 20.4 Å². The molecular formula is C23H25BrN8O3. The molecule has 4 heterocycles. The fourth-order valence-electron chi connectivity index (χ4n) is 4.03. The van der Waals surface area contributed by atoms with Crippen molar-refractivity contribution in [1.29, 1.82) is 0 Å². The van der Waals surface area contributed by atoms with Crippen molar-refractivity contribution in [2.45, 2.75) is 18.9 Å². The molecule has 1 atom stereocenters. The molecule has 0 aliphatic carbocycles. The van der Waals surface area contributed by atoms with E-state index in [1.807, 2.05) is 18.2 Å². The van der Waals surface area contributed by atoms with Crippen LogP contribution in [-0.4, -0.2) is 69.9 Å². The van der Waals surface area contributed by atoms with Gasteiger partial charge in [0.25, 0.3) is 6.47 Å². The van der Waals surface area contributed by atoms with Crippen molar-refractivity contribution >= 4 is 62.4 Å². The number of carboxylic acid groups (broad SMARTS) is 1. The SMILES string of the molecule is C=CC(=O)Nc1ccc2c(N3CCC(Nc4ncc(Br)cn4)C3)nnc(N3CCC3)c2c1.O=CO. The van der Waals surface area contributed by atoms with E-state index in [1.165, 1.54) is 6.08 Å². The summed E-state index contributed by atoms with van der Waals surface area (Å²) in [7, 11) is 0. The number of carbonyl (C=O) groups excluding carboxylic acids is 1. The third kappa shape index (κ3) is 5.65. The minimum absolute atomic E-state index is 0.217. The number of hydrogen-bond acceptors (Lipinski definition) is 9. The Morgan fingerprint density at radius 2 is 1.80 bits per heavy atom. The van der Waals surface area contributed by atoms with Gasteiger partial charge in [0.2, 0.25) is 11.9 Å². The lowest BCUT2D eigenvalue weighted by Crippen LogP contribution is -2.38. The van der Waals surface area contributed by atoms with Crippen LogP contribution in [0.2, 0.25) is 0 Å². The van der Waals surface area contributed by atoms with Crippen molar-refractivity contribution in [3.05, 3.63) is 47.7 Å². The second kappa shape index (κ2) is 11.1. The van der Waals surface area contributed by atoms with Gasteiger partial charge in [0.1, 0.15) is 0 Å². The van der Waals surface area contributed by atoms with Crippen molar-refractivity contribution in [2.24, 2.45) is 0 Å². The molecule has 0 bridgehead atoms. The molecule has 12 heteroatoms. The van der Waals surface area contributed by atoms with Crippen molar-refractivity contribution in [1.82, 2.24) is 20.2 Å². The highest BCUT2D eigenvalue weighted by Gasteiger charge is 2.28. The van der Waals surface area contributed by atoms with Crippen LogP contribution in [-0.2, 0) is 9.59 Å². The van der Waals surface area contributed by atoms with Crippen molar-refractivity contribution in [3.8, 4) is 0 Å². The maximum absolute atomic E-state index is 11.8. The zero-order valence-corrected chi connectivity index (χ0v) is 20.5. The van der Waals surface area contributed by atoms with E-state index >= 15 is 0 Å². The molecule has 5 rings (SSSR count). The van der Waals surface area contributed by atoms with E-state index in [4.69, 9.17) is 9.90 Å². The summed E-state index contributed by atoms with van der Waals surface area (Å²) in [5.41, 5.74) is 0.719. The number of aromatic nitrogens is 4. The monoisotopic (exact) mass is 540 g/mol. The van der Waals surface area contributed by atoms with Gasteiger partial charge in [-0.15, -0.1) is 10.2 Å². The number of nitrogens with one attached hydrogen (secondary N) is 2. The summed E-state index contributed by atoms with van der Waals surface area (Å²) in [4.78, 5) is 33.2. The normalized spacial score (nSPS) is 16.7. The van der Waals surface area contributed by atoms with Gasteiger partial charge in [-0.05, 0) is 53.0 Å². The van der Waals surface area contributed by atoms with E-state index in [2.05, 4.69) is 63.1 Å². The number of halogens is 1. The predicted octanol–water partition coefficient (Wildman–Crippen LogP) is 2.91. The average Bonchev–Trinajstić information content (AvgIpc) is 3.28. The molecule has 0 radical (unpaired) electrons. The lowest BCUT2D eigenvalue weighted by atomic mass is 10.1. The zero-order valence-electron chi connectivity index (χ0n) is 18.9. The molecular weight excluding hydrogens is 516 g/mol. The van der Waals surface area contributed by atoms with Gasteiger partial charge in [-0.25, -0.2) is 9.97 Å². The molecule has 182 valence electrons. The van der Waals surface area contributed by atoms with Gasteiger partial charge < -0.3 is 25.5 Å². The zero-order chi connectivity index (χ0) is 24.8. The molecule has 2 aromatic heterocycles. The van der Waals surface area contributed by atoms with E-state index in [1.54, 1.807) is 12.4 Å². The van der Waals surface area contributed by atoms with Crippen LogP contribution in [0.25, 0.3) is 10.8 Å². The van der Waals surface area contributed by atoms with Crippen LogP contribution in [0.5, 0.6) is 0 Å². The van der Waals surface area contributed by atoms with Crippen molar-refractivity contribution < 1.29 is 14.7 Å². The predicted molar refractivity (Wildman–Crippen MR) is 138 cm³/mol. The summed E-state index contributed by atoms with van der Waals surface area (Å²) < 4.78 is 0.851. The Labute approximate surface area is 210 Å². The van der Waals surface area contributed by atoms with Gasteiger partial charge in [0.15, 0.2) is 11.6 Å². The molecule has 2 aliphatic heterocycles. The molecule has 3 N–H and O–H groups in total. The highest BCUT2D eigenvalue weighted by Crippen LogP contribution is 2.35. The fourth-order valence-corrected chi connectivity index (χ4v) is 4.24. The smallest absolute Gasteiger partial charge is 0.290 e. The minimum Gasteiger partial charge on any atom is -0.483 e. The van der Waals surface area contributed by atoms with Gasteiger partial charge in [0.05, 0.1) is 4.47 Å². The Morgan fingerprint density at radius 3 is 2.43 bits per heavy atom. The van der Waals surface area contributed by atoms with E-state index in [9.17, 15) is 4.79 Å². The molecule has 2 saturated heterocycles. The standard InChI is InChI=1S/C22H23BrN8O.CH2O2/c1-2-19(32)26-15-4-5-17-18(10-15)21(30-7-3-8-30)29-28-20(17)31-9-6-16(13-31)27-22-24-11-14(23)12-25-22;2-1-3/h2,4-5,10-12,16H,1,3,6-9,13H2,(H,26,32)(H,24,25,27);1H,(H,2,3). The Kier molecular flexibility index (Phi) is 7.70. The number of nitrogens with zero attached hydrogens (tertiary/aromatic N) is 6. The van der Waals surface area contributed by atoms with Crippen LogP contribution in [0.1, 0.15) is 12.8 Å². The molecule has 1 unspecified atom stereocenters. The maximum Gasteiger partial charge on any atom is 0.290 e. The van der Waals surface area contributed by atoms with Crippen molar-refractivity contribution in [2.75, 3.05) is 46.6 Å². The second-order valence-electron chi connectivity index (χ2n) is 8.05. The van der Waals surface area contributed by atoms with E-state index < -0.39 is 0 Å². The lowest BCUT2D eigenvalue weighted by Gasteiger charge is -2.33. The van der Waals surface area contributed by atoms with Crippen LogP contribution in [0.3, 0.4) is 0 Å². The van der Waals surface area contributed by atoms with Gasteiger partial charge >= 0.3 is 0 Å². The first-order valence-corrected chi connectivity index (χ1v) is 11.9. The van der Waals surface area contributed by atoms with Crippen LogP contribution in [0.4, 0.5) is 23.3 Å². The van der Waals surface area contributed by atoms with Gasteiger partial charge in [-0.1, -0.05) is 6.58 Å². The van der Waals surface area contributed by atoms with Crippen LogP contribution >= 0.6 is 15.9 Å². The van der Waals surface area contributed by atoms with Crippen LogP contribution in [0.15, 0.2) is 47.7 Å². The number of fused-ring (bicyclic) bond motifs is 1. The molecule has 0 saturated carbocycles. The Morgan fingerprint density at radius 1 is 1.11 bits per heavy atom. The molecule has 0 spiro atoms. The van der Waals surface area contributed by atoms with Crippen LogP contribution in [0, 0.1) is 0 Å². The quantitative estimate of drug-likeness (QED) is 0.316. The molecule has 1 aromatic carbocycles. The van der Waals surface area contributed by atoms with Gasteiger partial charge in [-0.3, -0.25) is 9.59 Å². The second-order valence-corrected chi connectivity index (χ2v) is 8.96. The summed E-state index contributed by atoms with van der Waals surface area (Å²) in [6.45, 7) is 6.85. The third-order valence-corrected chi connectivity index (χ3v) is 6.20. The topological polar surface area (TPSA) is 136 Å².